The lowest BCUT2D eigenvalue weighted by Crippen LogP contribution is -2.39. The van der Waals surface area contributed by atoms with Crippen molar-refractivity contribution in [1.29, 1.82) is 0 Å². The normalized spacial score (nSPS) is 15.0. The SMILES string of the molecule is CCOc1ccccc1NC(=O)C1CCN(c2nccc(C)n2)CC1. The number of hydrogen-bond acceptors (Lipinski definition) is 5. The van der Waals surface area contributed by atoms with Crippen molar-refractivity contribution >= 4 is 17.5 Å². The van der Waals surface area contributed by atoms with Crippen molar-refractivity contribution in [2.75, 3.05) is 29.9 Å². The molecule has 1 aromatic carbocycles. The third kappa shape index (κ3) is 4.26. The summed E-state index contributed by atoms with van der Waals surface area (Å²) in [6.07, 6.45) is 3.36. The van der Waals surface area contributed by atoms with Crippen LogP contribution < -0.4 is 15.0 Å². The van der Waals surface area contributed by atoms with Gasteiger partial charge in [-0.1, -0.05) is 12.1 Å². The van der Waals surface area contributed by atoms with E-state index in [1.165, 1.54) is 0 Å². The van der Waals surface area contributed by atoms with E-state index in [9.17, 15) is 4.79 Å². The summed E-state index contributed by atoms with van der Waals surface area (Å²) >= 11 is 0. The van der Waals surface area contributed by atoms with Gasteiger partial charge in [-0.15, -0.1) is 0 Å². The number of nitrogens with one attached hydrogen (secondary N) is 1. The molecular formula is C19H24N4O2. The monoisotopic (exact) mass is 340 g/mol. The number of amides is 1. The van der Waals surface area contributed by atoms with Crippen LogP contribution in [0.5, 0.6) is 5.75 Å². The van der Waals surface area contributed by atoms with Gasteiger partial charge in [-0.05, 0) is 44.9 Å². The number of carbonyl (C=O) groups is 1. The van der Waals surface area contributed by atoms with E-state index in [0.717, 1.165) is 43.3 Å². The molecule has 0 aliphatic carbocycles. The fraction of sp³-hybridized carbons (Fsp3) is 0.421. The molecule has 1 aliphatic heterocycles. The molecule has 0 unspecified atom stereocenters. The highest BCUT2D eigenvalue weighted by atomic mass is 16.5. The summed E-state index contributed by atoms with van der Waals surface area (Å²) in [4.78, 5) is 23.5. The van der Waals surface area contributed by atoms with Gasteiger partial charge >= 0.3 is 0 Å². The van der Waals surface area contributed by atoms with Gasteiger partial charge in [-0.3, -0.25) is 4.79 Å². The molecule has 0 bridgehead atoms. The van der Waals surface area contributed by atoms with Gasteiger partial charge in [0.25, 0.3) is 0 Å². The molecule has 0 radical (unpaired) electrons. The summed E-state index contributed by atoms with van der Waals surface area (Å²) in [7, 11) is 0. The predicted molar refractivity (Wildman–Crippen MR) is 97.9 cm³/mol. The first-order valence-corrected chi connectivity index (χ1v) is 8.74. The molecule has 2 aromatic rings. The minimum absolute atomic E-state index is 0.00394. The lowest BCUT2D eigenvalue weighted by atomic mass is 9.96. The van der Waals surface area contributed by atoms with E-state index in [-0.39, 0.29) is 11.8 Å². The highest BCUT2D eigenvalue weighted by molar-refractivity contribution is 5.94. The molecule has 1 aromatic heterocycles. The van der Waals surface area contributed by atoms with Crippen LogP contribution in [0.2, 0.25) is 0 Å². The number of benzene rings is 1. The van der Waals surface area contributed by atoms with Crippen LogP contribution in [0, 0.1) is 12.8 Å². The zero-order valence-corrected chi connectivity index (χ0v) is 14.7. The quantitative estimate of drug-likeness (QED) is 0.906. The highest BCUT2D eigenvalue weighted by Gasteiger charge is 2.26. The Morgan fingerprint density at radius 2 is 2.04 bits per heavy atom. The van der Waals surface area contributed by atoms with Crippen molar-refractivity contribution in [3.05, 3.63) is 42.2 Å². The Balaban J connectivity index is 1.59. The largest absolute Gasteiger partial charge is 0.492 e. The van der Waals surface area contributed by atoms with E-state index in [2.05, 4.69) is 20.2 Å². The van der Waals surface area contributed by atoms with E-state index in [0.29, 0.717) is 12.4 Å². The maximum Gasteiger partial charge on any atom is 0.227 e. The van der Waals surface area contributed by atoms with Crippen molar-refractivity contribution in [2.45, 2.75) is 26.7 Å². The van der Waals surface area contributed by atoms with Crippen LogP contribution in [0.4, 0.5) is 11.6 Å². The molecule has 2 heterocycles. The lowest BCUT2D eigenvalue weighted by Gasteiger charge is -2.31. The number of ether oxygens (including phenoxy) is 1. The number of rotatable bonds is 5. The molecule has 132 valence electrons. The van der Waals surface area contributed by atoms with Gasteiger partial charge in [0, 0.05) is 30.9 Å². The molecule has 3 rings (SSSR count). The molecule has 1 aliphatic rings. The standard InChI is InChI=1S/C19H24N4O2/c1-3-25-17-7-5-4-6-16(17)22-18(24)15-9-12-23(13-10-15)19-20-11-8-14(2)21-19/h4-8,11,15H,3,9-10,12-13H2,1-2H3,(H,22,24). The molecule has 6 nitrogen and oxygen atoms in total. The van der Waals surface area contributed by atoms with E-state index in [1.54, 1.807) is 6.20 Å². The lowest BCUT2D eigenvalue weighted by molar-refractivity contribution is -0.120. The molecule has 1 amide bonds. The number of aryl methyl sites for hydroxylation is 1. The van der Waals surface area contributed by atoms with Gasteiger partial charge in [0.05, 0.1) is 12.3 Å². The van der Waals surface area contributed by atoms with E-state index in [4.69, 9.17) is 4.74 Å². The fourth-order valence-corrected chi connectivity index (χ4v) is 3.02. The third-order valence-electron chi connectivity index (χ3n) is 4.38. The number of aromatic nitrogens is 2. The minimum Gasteiger partial charge on any atom is -0.492 e. The van der Waals surface area contributed by atoms with Crippen LogP contribution in [0.3, 0.4) is 0 Å². The smallest absolute Gasteiger partial charge is 0.227 e. The Labute approximate surface area is 148 Å². The Morgan fingerprint density at radius 3 is 2.76 bits per heavy atom. The summed E-state index contributed by atoms with van der Waals surface area (Å²) in [6.45, 7) is 6.04. The van der Waals surface area contributed by atoms with Gasteiger partial charge < -0.3 is 15.0 Å². The molecule has 25 heavy (non-hydrogen) atoms. The number of para-hydroxylation sites is 2. The molecule has 1 saturated heterocycles. The van der Waals surface area contributed by atoms with Crippen LogP contribution >= 0.6 is 0 Å². The summed E-state index contributed by atoms with van der Waals surface area (Å²) in [5.41, 5.74) is 1.69. The van der Waals surface area contributed by atoms with Crippen LogP contribution in [0.1, 0.15) is 25.5 Å². The second-order valence-corrected chi connectivity index (χ2v) is 6.18. The van der Waals surface area contributed by atoms with Crippen molar-refractivity contribution in [3.63, 3.8) is 0 Å². The summed E-state index contributed by atoms with van der Waals surface area (Å²) in [5, 5.41) is 3.02. The molecular weight excluding hydrogens is 316 g/mol. The Hall–Kier alpha value is -2.63. The third-order valence-corrected chi connectivity index (χ3v) is 4.38. The average Bonchev–Trinajstić information content (AvgIpc) is 2.64. The zero-order chi connectivity index (χ0) is 17.6. The predicted octanol–water partition coefficient (Wildman–Crippen LogP) is 3.04. The van der Waals surface area contributed by atoms with Gasteiger partial charge in [0.1, 0.15) is 5.75 Å². The van der Waals surface area contributed by atoms with Crippen molar-refractivity contribution < 1.29 is 9.53 Å². The second kappa shape index (κ2) is 7.96. The fourth-order valence-electron chi connectivity index (χ4n) is 3.02. The highest BCUT2D eigenvalue weighted by Crippen LogP contribution is 2.26. The topological polar surface area (TPSA) is 67.3 Å². The Morgan fingerprint density at radius 1 is 1.28 bits per heavy atom. The Bertz CT molecular complexity index is 727. The molecule has 0 spiro atoms. The first-order valence-electron chi connectivity index (χ1n) is 8.74. The van der Waals surface area contributed by atoms with E-state index >= 15 is 0 Å². The van der Waals surface area contributed by atoms with E-state index < -0.39 is 0 Å². The number of anilines is 2. The molecule has 0 saturated carbocycles. The van der Waals surface area contributed by atoms with Gasteiger partial charge in [-0.2, -0.15) is 0 Å². The van der Waals surface area contributed by atoms with Gasteiger partial charge in [-0.25, -0.2) is 9.97 Å². The van der Waals surface area contributed by atoms with Crippen molar-refractivity contribution in [3.8, 4) is 5.75 Å². The Kier molecular flexibility index (Phi) is 5.48. The minimum atomic E-state index is -0.00394. The number of nitrogens with zero attached hydrogens (tertiary/aromatic N) is 3. The summed E-state index contributed by atoms with van der Waals surface area (Å²) in [6, 6.07) is 9.44. The zero-order valence-electron chi connectivity index (χ0n) is 14.7. The summed E-state index contributed by atoms with van der Waals surface area (Å²) in [5.74, 6) is 1.51. The first kappa shape index (κ1) is 17.2. The number of piperidine rings is 1. The molecule has 0 atom stereocenters. The van der Waals surface area contributed by atoms with Crippen LogP contribution in [0.25, 0.3) is 0 Å². The second-order valence-electron chi connectivity index (χ2n) is 6.18. The van der Waals surface area contributed by atoms with Gasteiger partial charge in [0.2, 0.25) is 11.9 Å². The first-order chi connectivity index (χ1) is 12.2. The number of carbonyl (C=O) groups excluding carboxylic acids is 1. The van der Waals surface area contributed by atoms with Crippen molar-refractivity contribution in [1.82, 2.24) is 9.97 Å². The summed E-state index contributed by atoms with van der Waals surface area (Å²) < 4.78 is 5.57. The molecule has 6 heteroatoms. The van der Waals surface area contributed by atoms with Crippen molar-refractivity contribution in [2.24, 2.45) is 5.92 Å². The molecule has 1 fully saturated rings. The maximum absolute atomic E-state index is 12.6. The molecule has 1 N–H and O–H groups in total. The maximum atomic E-state index is 12.6. The van der Waals surface area contributed by atoms with Crippen LogP contribution in [-0.2, 0) is 4.79 Å². The van der Waals surface area contributed by atoms with E-state index in [1.807, 2.05) is 44.2 Å². The van der Waals surface area contributed by atoms with Crippen LogP contribution in [-0.4, -0.2) is 35.6 Å². The van der Waals surface area contributed by atoms with Crippen LogP contribution in [0.15, 0.2) is 36.5 Å². The number of hydrogen-bond donors (Lipinski definition) is 1. The van der Waals surface area contributed by atoms with Gasteiger partial charge in [0.15, 0.2) is 0 Å². The average molecular weight is 340 g/mol.